The van der Waals surface area contributed by atoms with E-state index in [1.54, 1.807) is 30.3 Å². The van der Waals surface area contributed by atoms with Gasteiger partial charge in [-0.2, -0.15) is 0 Å². The predicted octanol–water partition coefficient (Wildman–Crippen LogP) is 3.80. The first-order chi connectivity index (χ1) is 12.0. The van der Waals surface area contributed by atoms with Crippen LogP contribution < -0.4 is 16.0 Å². The number of anilines is 1. The molecule has 2 aromatic carbocycles. The molecule has 7 heteroatoms. The van der Waals surface area contributed by atoms with Gasteiger partial charge in [0.2, 0.25) is 0 Å². The summed E-state index contributed by atoms with van der Waals surface area (Å²) < 4.78 is 14.0. The third-order valence-electron chi connectivity index (χ3n) is 3.74. The van der Waals surface area contributed by atoms with Gasteiger partial charge in [0.1, 0.15) is 5.82 Å². The molecule has 1 fully saturated rings. The summed E-state index contributed by atoms with van der Waals surface area (Å²) >= 11 is 3.33. The summed E-state index contributed by atoms with van der Waals surface area (Å²) in [5.41, 5.74) is 1.60. The van der Waals surface area contributed by atoms with Crippen LogP contribution in [-0.2, 0) is 6.54 Å². The molecule has 0 radical (unpaired) electrons. The Labute approximate surface area is 153 Å². The van der Waals surface area contributed by atoms with Crippen LogP contribution in [0.2, 0.25) is 0 Å². The van der Waals surface area contributed by atoms with Gasteiger partial charge in [-0.05, 0) is 54.8 Å². The van der Waals surface area contributed by atoms with Crippen molar-refractivity contribution in [3.05, 3.63) is 63.9 Å². The molecule has 3 amide bonds. The third-order valence-corrected chi connectivity index (χ3v) is 4.52. The highest BCUT2D eigenvalue weighted by molar-refractivity contribution is 9.10. The maximum atomic E-state index is 13.3. The predicted molar refractivity (Wildman–Crippen MR) is 96.9 cm³/mol. The van der Waals surface area contributed by atoms with E-state index in [0.29, 0.717) is 16.8 Å². The summed E-state index contributed by atoms with van der Waals surface area (Å²) in [4.78, 5) is 24.1. The highest BCUT2D eigenvalue weighted by Gasteiger charge is 2.23. The van der Waals surface area contributed by atoms with E-state index in [0.717, 1.165) is 17.3 Å². The molecule has 1 aliphatic rings. The molecule has 1 saturated carbocycles. The molecule has 0 atom stereocenters. The molecule has 0 unspecified atom stereocenters. The highest BCUT2D eigenvalue weighted by Crippen LogP contribution is 2.19. The zero-order valence-corrected chi connectivity index (χ0v) is 14.9. The Kier molecular flexibility index (Phi) is 5.33. The maximum Gasteiger partial charge on any atom is 0.319 e. The molecular formula is C18H17BrFN3O2. The van der Waals surface area contributed by atoms with Gasteiger partial charge in [-0.25, -0.2) is 9.18 Å². The molecule has 3 rings (SSSR count). The van der Waals surface area contributed by atoms with Crippen LogP contribution in [0.5, 0.6) is 0 Å². The van der Waals surface area contributed by atoms with Gasteiger partial charge in [-0.3, -0.25) is 4.79 Å². The first-order valence-electron chi connectivity index (χ1n) is 7.91. The van der Waals surface area contributed by atoms with E-state index in [4.69, 9.17) is 0 Å². The lowest BCUT2D eigenvalue weighted by Crippen LogP contribution is -2.30. The lowest BCUT2D eigenvalue weighted by Gasteiger charge is -2.10. The average Bonchev–Trinajstić information content (AvgIpc) is 3.39. The number of carbonyl (C=O) groups excluding carboxylic acids is 2. The van der Waals surface area contributed by atoms with Gasteiger partial charge >= 0.3 is 6.03 Å². The van der Waals surface area contributed by atoms with E-state index in [2.05, 4.69) is 31.9 Å². The van der Waals surface area contributed by atoms with Crippen LogP contribution in [0.4, 0.5) is 14.9 Å². The summed E-state index contributed by atoms with van der Waals surface area (Å²) in [6.45, 7) is 0.191. The van der Waals surface area contributed by atoms with Crippen LogP contribution in [0, 0.1) is 5.82 Å². The van der Waals surface area contributed by atoms with Crippen LogP contribution in [0.15, 0.2) is 46.9 Å². The van der Waals surface area contributed by atoms with Crippen LogP contribution in [0.3, 0.4) is 0 Å². The molecule has 25 heavy (non-hydrogen) atoms. The fourth-order valence-electron chi connectivity index (χ4n) is 2.27. The van der Waals surface area contributed by atoms with E-state index in [9.17, 15) is 14.0 Å². The van der Waals surface area contributed by atoms with E-state index in [1.807, 2.05) is 0 Å². The molecule has 0 saturated heterocycles. The highest BCUT2D eigenvalue weighted by atomic mass is 79.9. The van der Waals surface area contributed by atoms with Crippen LogP contribution in [0.25, 0.3) is 0 Å². The summed E-state index contributed by atoms with van der Waals surface area (Å²) in [5, 5.41) is 8.27. The zero-order chi connectivity index (χ0) is 17.8. The number of nitrogens with one attached hydrogen (secondary N) is 3. The number of carbonyl (C=O) groups is 2. The van der Waals surface area contributed by atoms with E-state index in [-0.39, 0.29) is 30.3 Å². The Morgan fingerprint density at radius 3 is 2.72 bits per heavy atom. The minimum absolute atomic E-state index is 0.191. The number of urea groups is 1. The minimum Gasteiger partial charge on any atom is -0.348 e. The Bertz CT molecular complexity index is 809. The van der Waals surface area contributed by atoms with Gasteiger partial charge in [0.15, 0.2) is 0 Å². The largest absolute Gasteiger partial charge is 0.348 e. The van der Waals surface area contributed by atoms with Crippen molar-refractivity contribution in [2.75, 3.05) is 5.32 Å². The van der Waals surface area contributed by atoms with Crippen LogP contribution in [0.1, 0.15) is 28.8 Å². The lowest BCUT2D eigenvalue weighted by molar-refractivity contribution is 0.0950. The topological polar surface area (TPSA) is 70.2 Å². The number of benzene rings is 2. The van der Waals surface area contributed by atoms with Crippen LogP contribution >= 0.6 is 15.9 Å². The summed E-state index contributed by atoms with van der Waals surface area (Å²) in [6, 6.07) is 11.0. The van der Waals surface area contributed by atoms with Crippen molar-refractivity contribution < 1.29 is 14.0 Å². The average molecular weight is 406 g/mol. The Morgan fingerprint density at radius 2 is 1.96 bits per heavy atom. The normalized spacial score (nSPS) is 13.2. The Hall–Kier alpha value is -2.41. The molecular weight excluding hydrogens is 389 g/mol. The van der Waals surface area contributed by atoms with Gasteiger partial charge in [0.05, 0.1) is 0 Å². The molecule has 130 valence electrons. The van der Waals surface area contributed by atoms with Gasteiger partial charge in [0.25, 0.3) is 5.91 Å². The van der Waals surface area contributed by atoms with E-state index < -0.39 is 0 Å². The van der Waals surface area contributed by atoms with Crippen molar-refractivity contribution in [2.45, 2.75) is 25.4 Å². The number of hydrogen-bond acceptors (Lipinski definition) is 2. The van der Waals surface area contributed by atoms with Crippen molar-refractivity contribution in [2.24, 2.45) is 0 Å². The zero-order valence-electron chi connectivity index (χ0n) is 13.3. The van der Waals surface area contributed by atoms with Crippen molar-refractivity contribution in [1.29, 1.82) is 0 Å². The van der Waals surface area contributed by atoms with Gasteiger partial charge < -0.3 is 16.0 Å². The second-order valence-electron chi connectivity index (χ2n) is 5.87. The quantitative estimate of drug-likeness (QED) is 0.707. The van der Waals surface area contributed by atoms with Crippen molar-refractivity contribution >= 4 is 33.6 Å². The molecule has 5 nitrogen and oxygen atoms in total. The van der Waals surface area contributed by atoms with Crippen molar-refractivity contribution in [3.63, 3.8) is 0 Å². The molecule has 3 N–H and O–H groups in total. The van der Waals surface area contributed by atoms with Gasteiger partial charge in [0, 0.05) is 28.3 Å². The lowest BCUT2D eigenvalue weighted by atomic mass is 10.1. The minimum atomic E-state index is -0.361. The molecule has 0 bridgehead atoms. The number of amides is 3. The standard InChI is InChI=1S/C18H17BrFN3O2/c19-16-7-4-13(20)8-12(16)10-21-17(24)11-2-1-3-15(9-11)23-18(25)22-14-5-6-14/h1-4,7-9,14H,5-6,10H2,(H,21,24)(H2,22,23,25). The molecule has 0 aromatic heterocycles. The Balaban J connectivity index is 1.60. The molecule has 2 aromatic rings. The molecule has 0 spiro atoms. The summed E-state index contributed by atoms with van der Waals surface area (Å²) in [6.07, 6.45) is 2.01. The third kappa shape index (κ3) is 5.03. The molecule has 1 aliphatic carbocycles. The Morgan fingerprint density at radius 1 is 1.16 bits per heavy atom. The fraction of sp³-hybridized carbons (Fsp3) is 0.222. The van der Waals surface area contributed by atoms with E-state index >= 15 is 0 Å². The van der Waals surface area contributed by atoms with Gasteiger partial charge in [-0.1, -0.05) is 22.0 Å². The number of rotatable bonds is 5. The van der Waals surface area contributed by atoms with Crippen LogP contribution in [-0.4, -0.2) is 18.0 Å². The molecule has 0 aliphatic heterocycles. The SMILES string of the molecule is O=C(Nc1cccc(C(=O)NCc2cc(F)ccc2Br)c1)NC1CC1. The molecule has 0 heterocycles. The number of halogens is 2. The maximum absolute atomic E-state index is 13.3. The second-order valence-corrected chi connectivity index (χ2v) is 6.73. The second kappa shape index (κ2) is 7.65. The first-order valence-corrected chi connectivity index (χ1v) is 8.70. The fourth-order valence-corrected chi connectivity index (χ4v) is 2.66. The summed E-state index contributed by atoms with van der Waals surface area (Å²) in [5.74, 6) is -0.664. The smallest absolute Gasteiger partial charge is 0.319 e. The van der Waals surface area contributed by atoms with Crippen molar-refractivity contribution in [3.8, 4) is 0 Å². The first kappa shape index (κ1) is 17.4. The van der Waals surface area contributed by atoms with Crippen molar-refractivity contribution in [1.82, 2.24) is 10.6 Å². The monoisotopic (exact) mass is 405 g/mol. The number of hydrogen-bond donors (Lipinski definition) is 3. The summed E-state index contributed by atoms with van der Waals surface area (Å²) in [7, 11) is 0. The van der Waals surface area contributed by atoms with Gasteiger partial charge in [-0.15, -0.1) is 0 Å². The van der Waals surface area contributed by atoms with E-state index in [1.165, 1.54) is 12.1 Å².